The molecular formula is C16H19N3O. The summed E-state index contributed by atoms with van der Waals surface area (Å²) in [5.41, 5.74) is 0.510. The predicted octanol–water partition coefficient (Wildman–Crippen LogP) is 2.76. The quantitative estimate of drug-likeness (QED) is 0.928. The molecular weight excluding hydrogens is 250 g/mol. The van der Waals surface area contributed by atoms with Gasteiger partial charge in [0.25, 0.3) is 5.91 Å². The van der Waals surface area contributed by atoms with Gasteiger partial charge in [0.15, 0.2) is 0 Å². The van der Waals surface area contributed by atoms with E-state index >= 15 is 0 Å². The van der Waals surface area contributed by atoms with Crippen molar-refractivity contribution >= 4 is 22.5 Å². The molecule has 104 valence electrons. The average molecular weight is 269 g/mol. The highest BCUT2D eigenvalue weighted by atomic mass is 16.2. The molecule has 1 aromatic carbocycles. The van der Waals surface area contributed by atoms with Gasteiger partial charge in [-0.25, -0.2) is 4.98 Å². The van der Waals surface area contributed by atoms with Gasteiger partial charge in [-0.05, 0) is 30.2 Å². The van der Waals surface area contributed by atoms with Crippen molar-refractivity contribution in [2.75, 3.05) is 26.0 Å². The van der Waals surface area contributed by atoms with E-state index in [-0.39, 0.29) is 5.91 Å². The molecule has 0 spiro atoms. The number of anilines is 1. The number of carbonyl (C=O) groups is 1. The van der Waals surface area contributed by atoms with Crippen molar-refractivity contribution in [1.82, 2.24) is 9.88 Å². The molecule has 0 bridgehead atoms. The molecule has 1 heterocycles. The lowest BCUT2D eigenvalue weighted by atomic mass is 10.1. The van der Waals surface area contributed by atoms with Gasteiger partial charge >= 0.3 is 0 Å². The third kappa shape index (κ3) is 2.46. The number of carbonyl (C=O) groups excluding carboxylic acids is 1. The first kappa shape index (κ1) is 12.9. The van der Waals surface area contributed by atoms with Crippen molar-refractivity contribution in [3.8, 4) is 0 Å². The molecule has 4 heteroatoms. The zero-order chi connectivity index (χ0) is 14.1. The second kappa shape index (κ2) is 5.12. The van der Waals surface area contributed by atoms with Crippen molar-refractivity contribution in [2.45, 2.75) is 12.8 Å². The van der Waals surface area contributed by atoms with Crippen LogP contribution in [0.3, 0.4) is 0 Å². The average Bonchev–Trinajstić information content (AvgIpc) is 3.29. The summed E-state index contributed by atoms with van der Waals surface area (Å²) < 4.78 is 0. The lowest BCUT2D eigenvalue weighted by molar-refractivity contribution is 0.0783. The van der Waals surface area contributed by atoms with Crippen LogP contribution >= 0.6 is 0 Å². The summed E-state index contributed by atoms with van der Waals surface area (Å²) in [6, 6.07) is 9.85. The Kier molecular flexibility index (Phi) is 3.30. The zero-order valence-electron chi connectivity index (χ0n) is 11.9. The Morgan fingerprint density at radius 3 is 2.85 bits per heavy atom. The highest BCUT2D eigenvalue weighted by Gasteiger charge is 2.26. The molecule has 0 aliphatic heterocycles. The van der Waals surface area contributed by atoms with Crippen LogP contribution in [0.1, 0.15) is 23.3 Å². The monoisotopic (exact) mass is 269 g/mol. The van der Waals surface area contributed by atoms with E-state index in [0.717, 1.165) is 23.1 Å². The van der Waals surface area contributed by atoms with Gasteiger partial charge in [0.1, 0.15) is 11.5 Å². The van der Waals surface area contributed by atoms with Gasteiger partial charge in [0.05, 0.1) is 0 Å². The Balaban J connectivity index is 1.95. The van der Waals surface area contributed by atoms with Gasteiger partial charge in [0, 0.05) is 26.0 Å². The van der Waals surface area contributed by atoms with Crippen LogP contribution in [0.2, 0.25) is 0 Å². The number of hydrogen-bond acceptors (Lipinski definition) is 3. The standard InChI is InChI=1S/C16H19N3O/c1-17-15-13-6-4-3-5-12(13)9-14(18-15)16(20)19(2)10-11-7-8-11/h3-6,9,11H,7-8,10H2,1-2H3,(H,17,18). The number of rotatable bonds is 4. The van der Waals surface area contributed by atoms with Gasteiger partial charge in [-0.15, -0.1) is 0 Å². The van der Waals surface area contributed by atoms with Gasteiger partial charge in [-0.3, -0.25) is 4.79 Å². The molecule has 1 aliphatic carbocycles. The lowest BCUT2D eigenvalue weighted by Crippen LogP contribution is -2.29. The highest BCUT2D eigenvalue weighted by molar-refractivity contribution is 6.00. The van der Waals surface area contributed by atoms with Crippen molar-refractivity contribution in [3.05, 3.63) is 36.0 Å². The summed E-state index contributed by atoms with van der Waals surface area (Å²) in [6.45, 7) is 0.836. The van der Waals surface area contributed by atoms with Crippen LogP contribution < -0.4 is 5.32 Å². The van der Waals surface area contributed by atoms with Crippen molar-refractivity contribution in [3.63, 3.8) is 0 Å². The maximum atomic E-state index is 12.5. The SMILES string of the molecule is CNc1nc(C(=O)N(C)CC2CC2)cc2ccccc12. The van der Waals surface area contributed by atoms with E-state index in [4.69, 9.17) is 0 Å². The van der Waals surface area contributed by atoms with Gasteiger partial charge in [0.2, 0.25) is 0 Å². The molecule has 1 fully saturated rings. The molecule has 20 heavy (non-hydrogen) atoms. The summed E-state index contributed by atoms with van der Waals surface area (Å²) in [5.74, 6) is 1.44. The molecule has 0 saturated heterocycles. The second-order valence-corrected chi connectivity index (χ2v) is 5.46. The molecule has 3 rings (SSSR count). The number of aromatic nitrogens is 1. The Hall–Kier alpha value is -2.10. The maximum absolute atomic E-state index is 12.5. The molecule has 1 N–H and O–H groups in total. The minimum Gasteiger partial charge on any atom is -0.373 e. The Morgan fingerprint density at radius 1 is 1.40 bits per heavy atom. The summed E-state index contributed by atoms with van der Waals surface area (Å²) in [7, 11) is 3.69. The third-order valence-electron chi connectivity index (χ3n) is 3.77. The molecule has 4 nitrogen and oxygen atoms in total. The smallest absolute Gasteiger partial charge is 0.272 e. The number of fused-ring (bicyclic) bond motifs is 1. The summed E-state index contributed by atoms with van der Waals surface area (Å²) >= 11 is 0. The molecule has 0 radical (unpaired) electrons. The largest absolute Gasteiger partial charge is 0.373 e. The van der Waals surface area contributed by atoms with Gasteiger partial charge < -0.3 is 10.2 Å². The molecule has 0 atom stereocenters. The third-order valence-corrected chi connectivity index (χ3v) is 3.77. The second-order valence-electron chi connectivity index (χ2n) is 5.46. The van der Waals surface area contributed by atoms with Crippen LogP contribution in [0.4, 0.5) is 5.82 Å². The number of nitrogens with zero attached hydrogens (tertiary/aromatic N) is 2. The van der Waals surface area contributed by atoms with E-state index < -0.39 is 0 Å². The maximum Gasteiger partial charge on any atom is 0.272 e. The first-order chi connectivity index (χ1) is 9.69. The van der Waals surface area contributed by atoms with Gasteiger partial charge in [-0.2, -0.15) is 0 Å². The van der Waals surface area contributed by atoms with Crippen molar-refractivity contribution < 1.29 is 4.79 Å². The minimum atomic E-state index is -0.000784. The molecule has 2 aromatic rings. The van der Waals surface area contributed by atoms with Crippen molar-refractivity contribution in [2.24, 2.45) is 5.92 Å². The van der Waals surface area contributed by atoms with E-state index in [1.807, 2.05) is 44.4 Å². The minimum absolute atomic E-state index is 0.000784. The van der Waals surface area contributed by atoms with E-state index in [2.05, 4.69) is 10.3 Å². The first-order valence-corrected chi connectivity index (χ1v) is 7.02. The summed E-state index contributed by atoms with van der Waals surface area (Å²) in [6.07, 6.45) is 2.48. The van der Waals surface area contributed by atoms with E-state index in [1.54, 1.807) is 4.90 Å². The normalized spacial score (nSPS) is 14.3. The van der Waals surface area contributed by atoms with Crippen LogP contribution in [0.5, 0.6) is 0 Å². The number of hydrogen-bond donors (Lipinski definition) is 1. The highest BCUT2D eigenvalue weighted by Crippen LogP contribution is 2.30. The predicted molar refractivity (Wildman–Crippen MR) is 81.0 cm³/mol. The Labute approximate surface area is 118 Å². The number of pyridine rings is 1. The molecule has 1 saturated carbocycles. The van der Waals surface area contributed by atoms with Crippen LogP contribution in [-0.2, 0) is 0 Å². The van der Waals surface area contributed by atoms with E-state index in [1.165, 1.54) is 12.8 Å². The summed E-state index contributed by atoms with van der Waals surface area (Å²) in [4.78, 5) is 18.7. The van der Waals surface area contributed by atoms with Crippen molar-refractivity contribution in [1.29, 1.82) is 0 Å². The molecule has 1 aromatic heterocycles. The fourth-order valence-corrected chi connectivity index (χ4v) is 2.47. The lowest BCUT2D eigenvalue weighted by Gasteiger charge is -2.17. The fourth-order valence-electron chi connectivity index (χ4n) is 2.47. The zero-order valence-corrected chi connectivity index (χ0v) is 11.9. The van der Waals surface area contributed by atoms with Gasteiger partial charge in [-0.1, -0.05) is 24.3 Å². The Bertz CT molecular complexity index is 649. The van der Waals surface area contributed by atoms with Crippen LogP contribution in [0.25, 0.3) is 10.8 Å². The number of nitrogens with one attached hydrogen (secondary N) is 1. The first-order valence-electron chi connectivity index (χ1n) is 7.02. The summed E-state index contributed by atoms with van der Waals surface area (Å²) in [5, 5.41) is 5.15. The molecule has 1 aliphatic rings. The molecule has 1 amide bonds. The number of benzene rings is 1. The van der Waals surface area contributed by atoms with Crippen LogP contribution in [-0.4, -0.2) is 36.4 Å². The van der Waals surface area contributed by atoms with Crippen LogP contribution in [0, 0.1) is 5.92 Å². The Morgan fingerprint density at radius 2 is 2.15 bits per heavy atom. The van der Waals surface area contributed by atoms with E-state index in [9.17, 15) is 4.79 Å². The fraction of sp³-hybridized carbons (Fsp3) is 0.375. The van der Waals surface area contributed by atoms with E-state index in [0.29, 0.717) is 11.6 Å². The number of amides is 1. The molecule has 0 unspecified atom stereocenters. The van der Waals surface area contributed by atoms with Crippen LogP contribution in [0.15, 0.2) is 30.3 Å². The topological polar surface area (TPSA) is 45.2 Å².